The van der Waals surface area contributed by atoms with Crippen LogP contribution in [0.4, 0.5) is 5.00 Å². The fraction of sp³-hybridized carbons (Fsp3) is 0.357. The standard InChI is InChI=1S/C28H30BrNO4S/c1-28(2,3)19-11-12-20-23(15-19)35-26(25(20)27(32)33-4)30-24(31)16-34-22-13-10-18(14-21(22)29)17-8-6-5-7-9-17/h5-10,13-14,19H,11-12,15-16H2,1-4H3,(H,30,31). The van der Waals surface area contributed by atoms with Crippen molar-refractivity contribution in [2.75, 3.05) is 19.0 Å². The van der Waals surface area contributed by atoms with Gasteiger partial charge in [-0.1, -0.05) is 57.2 Å². The zero-order valence-electron chi connectivity index (χ0n) is 20.4. The topological polar surface area (TPSA) is 64.6 Å². The maximum atomic E-state index is 12.8. The third-order valence-electron chi connectivity index (χ3n) is 6.53. The van der Waals surface area contributed by atoms with Crippen molar-refractivity contribution in [3.8, 4) is 16.9 Å². The molecule has 0 fully saturated rings. The van der Waals surface area contributed by atoms with Gasteiger partial charge in [0.25, 0.3) is 5.91 Å². The quantitative estimate of drug-likeness (QED) is 0.328. The normalized spacial score (nSPS) is 15.3. The van der Waals surface area contributed by atoms with Crippen molar-refractivity contribution >= 4 is 44.1 Å². The van der Waals surface area contributed by atoms with Gasteiger partial charge in [0.05, 0.1) is 17.1 Å². The second-order valence-corrected chi connectivity index (χ2v) is 11.8. The first-order valence-corrected chi connectivity index (χ1v) is 13.3. The SMILES string of the molecule is COC(=O)c1c(NC(=O)COc2ccc(-c3ccccc3)cc2Br)sc2c1CCC(C(C)(C)C)C2. The highest BCUT2D eigenvalue weighted by molar-refractivity contribution is 9.10. The summed E-state index contributed by atoms with van der Waals surface area (Å²) in [4.78, 5) is 26.5. The lowest BCUT2D eigenvalue weighted by Crippen LogP contribution is -2.26. The van der Waals surface area contributed by atoms with E-state index in [4.69, 9.17) is 9.47 Å². The van der Waals surface area contributed by atoms with Gasteiger partial charge in [-0.05, 0) is 75.3 Å². The molecular formula is C28H30BrNO4S. The van der Waals surface area contributed by atoms with Crippen molar-refractivity contribution in [1.29, 1.82) is 0 Å². The Labute approximate surface area is 219 Å². The number of halogens is 1. The summed E-state index contributed by atoms with van der Waals surface area (Å²) in [6, 6.07) is 15.8. The van der Waals surface area contributed by atoms with E-state index in [1.54, 1.807) is 0 Å². The Balaban J connectivity index is 1.46. The van der Waals surface area contributed by atoms with Gasteiger partial charge in [0.15, 0.2) is 6.61 Å². The molecule has 0 spiro atoms. The molecule has 1 unspecified atom stereocenters. The van der Waals surface area contributed by atoms with Gasteiger partial charge < -0.3 is 14.8 Å². The largest absolute Gasteiger partial charge is 0.483 e. The first-order valence-electron chi connectivity index (χ1n) is 11.7. The highest BCUT2D eigenvalue weighted by atomic mass is 79.9. The fourth-order valence-corrected chi connectivity index (χ4v) is 6.29. The number of hydrogen-bond donors (Lipinski definition) is 1. The van der Waals surface area contributed by atoms with Crippen molar-refractivity contribution < 1.29 is 19.1 Å². The Kier molecular flexibility index (Phi) is 7.67. The van der Waals surface area contributed by atoms with E-state index >= 15 is 0 Å². The van der Waals surface area contributed by atoms with Gasteiger partial charge in [-0.25, -0.2) is 4.79 Å². The van der Waals surface area contributed by atoms with Gasteiger partial charge >= 0.3 is 5.97 Å². The number of fused-ring (bicyclic) bond motifs is 1. The Morgan fingerprint density at radius 1 is 1.11 bits per heavy atom. The van der Waals surface area contributed by atoms with Crippen LogP contribution in [0.2, 0.25) is 0 Å². The van der Waals surface area contributed by atoms with Crippen LogP contribution in [0, 0.1) is 11.3 Å². The Bertz CT molecular complexity index is 1230. The number of hydrogen-bond acceptors (Lipinski definition) is 5. The molecular weight excluding hydrogens is 526 g/mol. The fourth-order valence-electron chi connectivity index (χ4n) is 4.47. The number of carbonyl (C=O) groups excluding carboxylic acids is 2. The van der Waals surface area contributed by atoms with Gasteiger partial charge in [-0.15, -0.1) is 11.3 Å². The zero-order chi connectivity index (χ0) is 25.2. The minimum atomic E-state index is -0.410. The average Bonchev–Trinajstić information content (AvgIpc) is 3.19. The van der Waals surface area contributed by atoms with Gasteiger partial charge in [0, 0.05) is 4.88 Å². The van der Waals surface area contributed by atoms with E-state index in [0.717, 1.165) is 45.3 Å². The number of methoxy groups -OCH3 is 1. The molecule has 1 atom stereocenters. The van der Waals surface area contributed by atoms with Crippen LogP contribution in [0.1, 0.15) is 48.0 Å². The predicted molar refractivity (Wildman–Crippen MR) is 144 cm³/mol. The van der Waals surface area contributed by atoms with Crippen molar-refractivity contribution in [3.05, 3.63) is 69.0 Å². The minimum absolute atomic E-state index is 0.170. The summed E-state index contributed by atoms with van der Waals surface area (Å²) in [7, 11) is 1.37. The number of thiophene rings is 1. The maximum Gasteiger partial charge on any atom is 0.341 e. The third kappa shape index (κ3) is 5.78. The Morgan fingerprint density at radius 3 is 2.51 bits per heavy atom. The molecule has 2 aromatic carbocycles. The maximum absolute atomic E-state index is 12.8. The molecule has 1 aliphatic rings. The van der Waals surface area contributed by atoms with Crippen LogP contribution < -0.4 is 10.1 Å². The van der Waals surface area contributed by atoms with Crippen LogP contribution >= 0.6 is 27.3 Å². The molecule has 0 radical (unpaired) electrons. The smallest absolute Gasteiger partial charge is 0.341 e. The van der Waals surface area contributed by atoms with E-state index in [0.29, 0.717) is 22.2 Å². The summed E-state index contributed by atoms with van der Waals surface area (Å²) in [5, 5.41) is 3.45. The second kappa shape index (κ2) is 10.5. The number of nitrogens with one attached hydrogen (secondary N) is 1. The summed E-state index contributed by atoms with van der Waals surface area (Å²) in [6.45, 7) is 6.59. The lowest BCUT2D eigenvalue weighted by Gasteiger charge is -2.33. The molecule has 1 amide bonds. The molecule has 1 aliphatic carbocycles. The Hall–Kier alpha value is -2.64. The summed E-state index contributed by atoms with van der Waals surface area (Å²) in [6.07, 6.45) is 2.73. The molecule has 1 heterocycles. The molecule has 1 N–H and O–H groups in total. The molecule has 0 bridgehead atoms. The van der Waals surface area contributed by atoms with Crippen LogP contribution in [0.15, 0.2) is 53.0 Å². The summed E-state index contributed by atoms with van der Waals surface area (Å²) < 4.78 is 11.6. The second-order valence-electron chi connectivity index (χ2n) is 9.85. The molecule has 0 aliphatic heterocycles. The van der Waals surface area contributed by atoms with E-state index in [1.165, 1.54) is 18.4 Å². The van der Waals surface area contributed by atoms with E-state index in [2.05, 4.69) is 42.0 Å². The average molecular weight is 557 g/mol. The zero-order valence-corrected chi connectivity index (χ0v) is 22.8. The number of amides is 1. The number of carbonyl (C=O) groups is 2. The number of esters is 1. The van der Waals surface area contributed by atoms with Crippen molar-refractivity contribution in [1.82, 2.24) is 0 Å². The highest BCUT2D eigenvalue weighted by Gasteiger charge is 2.34. The van der Waals surface area contributed by atoms with Crippen LogP contribution in [0.25, 0.3) is 11.1 Å². The van der Waals surface area contributed by atoms with E-state index < -0.39 is 5.97 Å². The number of anilines is 1. The molecule has 1 aromatic heterocycles. The summed E-state index contributed by atoms with van der Waals surface area (Å²) in [5.41, 5.74) is 3.84. The lowest BCUT2D eigenvalue weighted by molar-refractivity contribution is -0.118. The highest BCUT2D eigenvalue weighted by Crippen LogP contribution is 2.44. The van der Waals surface area contributed by atoms with Crippen molar-refractivity contribution in [2.45, 2.75) is 40.0 Å². The molecule has 184 valence electrons. The first-order chi connectivity index (χ1) is 16.7. The van der Waals surface area contributed by atoms with Crippen LogP contribution in [0.3, 0.4) is 0 Å². The molecule has 35 heavy (non-hydrogen) atoms. The number of rotatable bonds is 6. The Morgan fingerprint density at radius 2 is 1.86 bits per heavy atom. The molecule has 0 saturated carbocycles. The molecule has 5 nitrogen and oxygen atoms in total. The molecule has 4 rings (SSSR count). The first kappa shape index (κ1) is 25.5. The summed E-state index contributed by atoms with van der Waals surface area (Å²) >= 11 is 5.03. The summed E-state index contributed by atoms with van der Waals surface area (Å²) in [5.74, 6) is 0.376. The van der Waals surface area contributed by atoms with Gasteiger partial charge in [0.1, 0.15) is 10.8 Å². The monoisotopic (exact) mass is 555 g/mol. The lowest BCUT2D eigenvalue weighted by atomic mass is 9.72. The number of ether oxygens (including phenoxy) is 2. The minimum Gasteiger partial charge on any atom is -0.483 e. The van der Waals surface area contributed by atoms with Crippen LogP contribution in [-0.4, -0.2) is 25.6 Å². The number of benzene rings is 2. The molecule has 3 aromatic rings. The predicted octanol–water partition coefficient (Wildman–Crippen LogP) is 7.13. The van der Waals surface area contributed by atoms with Crippen molar-refractivity contribution in [2.24, 2.45) is 11.3 Å². The van der Waals surface area contributed by atoms with Crippen LogP contribution in [-0.2, 0) is 22.4 Å². The van der Waals surface area contributed by atoms with Gasteiger partial charge in [-0.3, -0.25) is 4.79 Å². The molecule has 7 heteroatoms. The van der Waals surface area contributed by atoms with Gasteiger partial charge in [0.2, 0.25) is 0 Å². The van der Waals surface area contributed by atoms with Crippen LogP contribution in [0.5, 0.6) is 5.75 Å². The van der Waals surface area contributed by atoms with Crippen molar-refractivity contribution in [3.63, 3.8) is 0 Å². The third-order valence-corrected chi connectivity index (χ3v) is 8.32. The molecule has 0 saturated heterocycles. The van der Waals surface area contributed by atoms with E-state index in [1.807, 2.05) is 48.5 Å². The van der Waals surface area contributed by atoms with Gasteiger partial charge in [-0.2, -0.15) is 0 Å². The van der Waals surface area contributed by atoms with E-state index in [-0.39, 0.29) is 17.9 Å². The van der Waals surface area contributed by atoms with E-state index in [9.17, 15) is 9.59 Å².